The molecule has 1 aliphatic heterocycles. The second-order valence-electron chi connectivity index (χ2n) is 4.91. The van der Waals surface area contributed by atoms with Crippen molar-refractivity contribution < 1.29 is 24.5 Å². The van der Waals surface area contributed by atoms with Crippen molar-refractivity contribution >= 4 is 11.9 Å². The molecule has 2 N–H and O–H groups in total. The zero-order valence-electron chi connectivity index (χ0n) is 11.0. The van der Waals surface area contributed by atoms with Crippen LogP contribution in [0, 0.1) is 11.8 Å². The highest BCUT2D eigenvalue weighted by Gasteiger charge is 2.34. The molecule has 1 fully saturated rings. The summed E-state index contributed by atoms with van der Waals surface area (Å²) in [7, 11) is 0. The van der Waals surface area contributed by atoms with E-state index in [1.54, 1.807) is 11.8 Å². The van der Waals surface area contributed by atoms with Gasteiger partial charge in [-0.2, -0.15) is 0 Å². The Labute approximate surface area is 107 Å². The highest BCUT2D eigenvalue weighted by molar-refractivity contribution is 5.84. The molecule has 1 aliphatic rings. The number of carbonyl (C=O) groups excluding carboxylic acids is 1. The van der Waals surface area contributed by atoms with E-state index in [1.165, 1.54) is 6.92 Å². The molecule has 0 aromatic carbocycles. The minimum Gasteiger partial charge on any atom is -0.481 e. The zero-order valence-corrected chi connectivity index (χ0v) is 11.0. The summed E-state index contributed by atoms with van der Waals surface area (Å²) in [4.78, 5) is 24.6. The maximum Gasteiger partial charge on any atom is 0.307 e. The third-order valence-electron chi connectivity index (χ3n) is 3.37. The number of aliphatic hydroxyl groups is 1. The Morgan fingerprint density at radius 3 is 2.44 bits per heavy atom. The third-order valence-corrected chi connectivity index (χ3v) is 3.37. The van der Waals surface area contributed by atoms with Crippen molar-refractivity contribution in [3.8, 4) is 0 Å². The first kappa shape index (κ1) is 14.9. The molecule has 0 spiro atoms. The Morgan fingerprint density at radius 1 is 1.33 bits per heavy atom. The van der Waals surface area contributed by atoms with Crippen LogP contribution in [0.5, 0.6) is 0 Å². The van der Waals surface area contributed by atoms with E-state index in [0.717, 1.165) is 0 Å². The van der Waals surface area contributed by atoms with Crippen LogP contribution in [0.15, 0.2) is 0 Å². The molecule has 1 rings (SSSR count). The van der Waals surface area contributed by atoms with Crippen LogP contribution in [0.2, 0.25) is 0 Å². The van der Waals surface area contributed by atoms with Gasteiger partial charge in [-0.05, 0) is 6.92 Å². The number of aliphatic carboxylic acids is 1. The standard InChI is InChI=1S/C12H21NO5/c1-7-4-13(5-10(6-14)18-7)11(15)8(2)9(3)12(16)17/h7-10,14H,4-6H2,1-3H3,(H,16,17). The second kappa shape index (κ2) is 6.15. The molecule has 1 amide bonds. The van der Waals surface area contributed by atoms with Crippen molar-refractivity contribution in [3.63, 3.8) is 0 Å². The molecule has 1 heterocycles. The number of hydrogen-bond acceptors (Lipinski definition) is 4. The monoisotopic (exact) mass is 259 g/mol. The zero-order chi connectivity index (χ0) is 13.9. The summed E-state index contributed by atoms with van der Waals surface area (Å²) in [5.41, 5.74) is 0. The van der Waals surface area contributed by atoms with Crippen LogP contribution in [-0.2, 0) is 14.3 Å². The predicted molar refractivity (Wildman–Crippen MR) is 64.0 cm³/mol. The van der Waals surface area contributed by atoms with E-state index in [1.807, 2.05) is 6.92 Å². The van der Waals surface area contributed by atoms with Gasteiger partial charge in [-0.1, -0.05) is 13.8 Å². The number of ether oxygens (including phenoxy) is 1. The van der Waals surface area contributed by atoms with Gasteiger partial charge in [0.15, 0.2) is 0 Å². The molecule has 4 unspecified atom stereocenters. The number of amides is 1. The van der Waals surface area contributed by atoms with Crippen LogP contribution >= 0.6 is 0 Å². The summed E-state index contributed by atoms with van der Waals surface area (Å²) in [5, 5.41) is 18.0. The number of nitrogens with zero attached hydrogens (tertiary/aromatic N) is 1. The van der Waals surface area contributed by atoms with Crippen molar-refractivity contribution in [1.82, 2.24) is 4.90 Å². The minimum absolute atomic E-state index is 0.142. The van der Waals surface area contributed by atoms with Crippen LogP contribution in [-0.4, -0.2) is 58.9 Å². The normalized spacial score (nSPS) is 27.7. The quantitative estimate of drug-likeness (QED) is 0.739. The summed E-state index contributed by atoms with van der Waals surface area (Å²) in [6.45, 7) is 5.58. The van der Waals surface area contributed by atoms with E-state index in [-0.39, 0.29) is 24.7 Å². The Morgan fingerprint density at radius 2 is 1.94 bits per heavy atom. The van der Waals surface area contributed by atoms with Crippen LogP contribution in [0.1, 0.15) is 20.8 Å². The lowest BCUT2D eigenvalue weighted by molar-refractivity contribution is -0.157. The Bertz CT molecular complexity index is 320. The first-order valence-electron chi connectivity index (χ1n) is 6.14. The molecule has 4 atom stereocenters. The first-order valence-corrected chi connectivity index (χ1v) is 6.14. The first-order chi connectivity index (χ1) is 8.36. The number of carboxylic acid groups (broad SMARTS) is 1. The Hall–Kier alpha value is -1.14. The van der Waals surface area contributed by atoms with Crippen molar-refractivity contribution in [2.24, 2.45) is 11.8 Å². The van der Waals surface area contributed by atoms with Gasteiger partial charge in [0.2, 0.25) is 5.91 Å². The van der Waals surface area contributed by atoms with Gasteiger partial charge >= 0.3 is 5.97 Å². The van der Waals surface area contributed by atoms with Crippen molar-refractivity contribution in [2.75, 3.05) is 19.7 Å². The van der Waals surface area contributed by atoms with Crippen LogP contribution < -0.4 is 0 Å². The number of hydrogen-bond donors (Lipinski definition) is 2. The fraction of sp³-hybridized carbons (Fsp3) is 0.833. The maximum atomic E-state index is 12.2. The van der Waals surface area contributed by atoms with Crippen LogP contribution in [0.25, 0.3) is 0 Å². The van der Waals surface area contributed by atoms with Crippen LogP contribution in [0.4, 0.5) is 0 Å². The van der Waals surface area contributed by atoms with E-state index in [9.17, 15) is 9.59 Å². The SMILES string of the molecule is CC1CN(C(=O)C(C)C(C)C(=O)O)CC(CO)O1. The van der Waals surface area contributed by atoms with Gasteiger partial charge in [0, 0.05) is 19.0 Å². The van der Waals surface area contributed by atoms with Gasteiger partial charge in [0.05, 0.1) is 24.7 Å². The number of carbonyl (C=O) groups is 2. The molecule has 104 valence electrons. The average Bonchev–Trinajstić information content (AvgIpc) is 2.34. The maximum absolute atomic E-state index is 12.2. The van der Waals surface area contributed by atoms with E-state index in [2.05, 4.69) is 0 Å². The highest BCUT2D eigenvalue weighted by atomic mass is 16.5. The molecule has 1 saturated heterocycles. The van der Waals surface area contributed by atoms with Crippen molar-refractivity contribution in [2.45, 2.75) is 33.0 Å². The molecule has 0 aliphatic carbocycles. The van der Waals surface area contributed by atoms with Crippen LogP contribution in [0.3, 0.4) is 0 Å². The molecule has 6 heteroatoms. The van der Waals surface area contributed by atoms with E-state index < -0.39 is 17.8 Å². The van der Waals surface area contributed by atoms with Gasteiger partial charge in [0.1, 0.15) is 0 Å². The van der Waals surface area contributed by atoms with Gasteiger partial charge < -0.3 is 19.8 Å². The fourth-order valence-electron chi connectivity index (χ4n) is 2.04. The number of morpholine rings is 1. The predicted octanol–water partition coefficient (Wildman–Crippen LogP) is -0.0486. The number of aliphatic hydroxyl groups excluding tert-OH is 1. The van der Waals surface area contributed by atoms with Gasteiger partial charge in [-0.3, -0.25) is 9.59 Å². The summed E-state index contributed by atoms with van der Waals surface area (Å²) in [6.07, 6.45) is -0.530. The number of carboxylic acids is 1. The Kier molecular flexibility index (Phi) is 5.10. The minimum atomic E-state index is -0.976. The largest absolute Gasteiger partial charge is 0.481 e. The molecule has 0 saturated carbocycles. The molecule has 18 heavy (non-hydrogen) atoms. The van der Waals surface area contributed by atoms with E-state index >= 15 is 0 Å². The van der Waals surface area contributed by atoms with Crippen molar-refractivity contribution in [3.05, 3.63) is 0 Å². The summed E-state index contributed by atoms with van der Waals surface area (Å²) >= 11 is 0. The molecule has 0 aromatic heterocycles. The lowest BCUT2D eigenvalue weighted by Gasteiger charge is -2.37. The van der Waals surface area contributed by atoms with Gasteiger partial charge in [0.25, 0.3) is 0 Å². The highest BCUT2D eigenvalue weighted by Crippen LogP contribution is 2.18. The van der Waals surface area contributed by atoms with Crippen molar-refractivity contribution in [1.29, 1.82) is 0 Å². The Balaban J connectivity index is 2.68. The molecular formula is C12H21NO5. The third kappa shape index (κ3) is 3.43. The molecule has 0 bridgehead atoms. The summed E-state index contributed by atoms with van der Waals surface area (Å²) < 4.78 is 5.44. The topological polar surface area (TPSA) is 87.1 Å². The van der Waals surface area contributed by atoms with Gasteiger partial charge in [-0.25, -0.2) is 0 Å². The lowest BCUT2D eigenvalue weighted by atomic mass is 9.94. The fourth-order valence-corrected chi connectivity index (χ4v) is 2.04. The summed E-state index contributed by atoms with van der Waals surface area (Å²) in [5.74, 6) is -2.47. The molecular weight excluding hydrogens is 238 g/mol. The second-order valence-corrected chi connectivity index (χ2v) is 4.91. The van der Waals surface area contributed by atoms with Gasteiger partial charge in [-0.15, -0.1) is 0 Å². The molecule has 6 nitrogen and oxygen atoms in total. The molecule has 0 radical (unpaired) electrons. The summed E-state index contributed by atoms with van der Waals surface area (Å²) in [6, 6.07) is 0. The smallest absolute Gasteiger partial charge is 0.307 e. The number of rotatable bonds is 4. The van der Waals surface area contributed by atoms with E-state index in [0.29, 0.717) is 13.1 Å². The molecule has 0 aromatic rings. The van der Waals surface area contributed by atoms with E-state index in [4.69, 9.17) is 14.9 Å². The lowest BCUT2D eigenvalue weighted by Crippen LogP contribution is -2.52. The average molecular weight is 259 g/mol.